The third-order valence-corrected chi connectivity index (χ3v) is 2.92. The zero-order valence-corrected chi connectivity index (χ0v) is 8.68. The summed E-state index contributed by atoms with van der Waals surface area (Å²) in [4.78, 5) is 15.2. The molecule has 14 heavy (non-hydrogen) atoms. The van der Waals surface area contributed by atoms with E-state index in [1.54, 1.807) is 12.3 Å². The van der Waals surface area contributed by atoms with Crippen LogP contribution in [0.3, 0.4) is 0 Å². The molecular formula is C10H6ClNOS. The molecule has 1 aromatic heterocycles. The minimum Gasteiger partial charge on any atom is -0.297 e. The van der Waals surface area contributed by atoms with Crippen molar-refractivity contribution in [3.05, 3.63) is 40.4 Å². The number of carbonyl (C=O) groups is 1. The van der Waals surface area contributed by atoms with Gasteiger partial charge in [0.2, 0.25) is 0 Å². The monoisotopic (exact) mass is 223 g/mol. The van der Waals surface area contributed by atoms with Crippen molar-refractivity contribution in [2.45, 2.75) is 0 Å². The second kappa shape index (κ2) is 3.90. The van der Waals surface area contributed by atoms with Gasteiger partial charge in [0.05, 0.1) is 4.88 Å². The first-order valence-electron chi connectivity index (χ1n) is 3.96. The fourth-order valence-electron chi connectivity index (χ4n) is 1.10. The average Bonchev–Trinajstić information content (AvgIpc) is 2.66. The molecule has 0 fully saturated rings. The van der Waals surface area contributed by atoms with Crippen LogP contribution in [-0.2, 0) is 0 Å². The Morgan fingerprint density at radius 3 is 2.93 bits per heavy atom. The Morgan fingerprint density at radius 2 is 2.29 bits per heavy atom. The highest BCUT2D eigenvalue weighted by Gasteiger charge is 2.03. The highest BCUT2D eigenvalue weighted by Crippen LogP contribution is 2.26. The number of thiazole rings is 1. The van der Waals surface area contributed by atoms with Gasteiger partial charge < -0.3 is 0 Å². The van der Waals surface area contributed by atoms with E-state index < -0.39 is 0 Å². The summed E-state index contributed by atoms with van der Waals surface area (Å²) in [6.45, 7) is 0. The molecule has 70 valence electrons. The number of carbonyl (C=O) groups excluding carboxylic acids is 1. The molecule has 0 saturated carbocycles. The van der Waals surface area contributed by atoms with Crippen LogP contribution in [0.1, 0.15) is 9.67 Å². The van der Waals surface area contributed by atoms with Crippen LogP contribution in [0.2, 0.25) is 5.02 Å². The number of aldehydes is 1. The maximum atomic E-state index is 10.5. The second-order valence-corrected chi connectivity index (χ2v) is 4.19. The van der Waals surface area contributed by atoms with Crippen molar-refractivity contribution < 1.29 is 4.79 Å². The van der Waals surface area contributed by atoms with Crippen molar-refractivity contribution in [1.29, 1.82) is 0 Å². The third kappa shape index (κ3) is 1.84. The van der Waals surface area contributed by atoms with Crippen molar-refractivity contribution in [1.82, 2.24) is 4.98 Å². The predicted molar refractivity (Wildman–Crippen MR) is 57.9 cm³/mol. The highest BCUT2D eigenvalue weighted by molar-refractivity contribution is 7.16. The van der Waals surface area contributed by atoms with Gasteiger partial charge >= 0.3 is 0 Å². The van der Waals surface area contributed by atoms with Crippen LogP contribution in [0.15, 0.2) is 30.5 Å². The van der Waals surface area contributed by atoms with E-state index in [0.717, 1.165) is 16.9 Å². The van der Waals surface area contributed by atoms with Crippen LogP contribution in [0.5, 0.6) is 0 Å². The Morgan fingerprint density at radius 1 is 1.43 bits per heavy atom. The van der Waals surface area contributed by atoms with Gasteiger partial charge in [0, 0.05) is 16.8 Å². The molecule has 2 rings (SSSR count). The number of benzene rings is 1. The van der Waals surface area contributed by atoms with Crippen molar-refractivity contribution in [2.75, 3.05) is 0 Å². The van der Waals surface area contributed by atoms with E-state index >= 15 is 0 Å². The quantitative estimate of drug-likeness (QED) is 0.732. The third-order valence-electron chi connectivity index (χ3n) is 1.71. The number of rotatable bonds is 2. The minimum atomic E-state index is 0.625. The first-order valence-corrected chi connectivity index (χ1v) is 5.16. The lowest BCUT2D eigenvalue weighted by Gasteiger charge is -1.95. The Labute approximate surface area is 90.2 Å². The molecule has 0 bridgehead atoms. The lowest BCUT2D eigenvalue weighted by Crippen LogP contribution is -1.73. The fourth-order valence-corrected chi connectivity index (χ4v) is 2.01. The molecule has 0 spiro atoms. The summed E-state index contributed by atoms with van der Waals surface area (Å²) in [5.41, 5.74) is 0.940. The molecule has 0 atom stereocenters. The maximum absolute atomic E-state index is 10.5. The molecule has 2 nitrogen and oxygen atoms in total. The van der Waals surface area contributed by atoms with E-state index in [2.05, 4.69) is 4.98 Å². The summed E-state index contributed by atoms with van der Waals surface area (Å²) in [5, 5.41) is 1.49. The normalized spacial score (nSPS) is 10.1. The molecule has 4 heteroatoms. The minimum absolute atomic E-state index is 0.625. The zero-order chi connectivity index (χ0) is 9.97. The van der Waals surface area contributed by atoms with Gasteiger partial charge in [0.15, 0.2) is 6.29 Å². The Balaban J connectivity index is 2.43. The fraction of sp³-hybridized carbons (Fsp3) is 0. The van der Waals surface area contributed by atoms with Gasteiger partial charge in [-0.25, -0.2) is 4.98 Å². The number of nitrogens with zero attached hydrogens (tertiary/aromatic N) is 1. The summed E-state index contributed by atoms with van der Waals surface area (Å²) in [7, 11) is 0. The predicted octanol–water partition coefficient (Wildman–Crippen LogP) is 3.28. The SMILES string of the molecule is O=Cc1cnc(-c2cccc(Cl)c2)s1. The van der Waals surface area contributed by atoms with Gasteiger partial charge in [-0.15, -0.1) is 11.3 Å². The van der Waals surface area contributed by atoms with Crippen molar-refractivity contribution >= 4 is 29.2 Å². The molecule has 0 radical (unpaired) electrons. The smallest absolute Gasteiger partial charge is 0.161 e. The van der Waals surface area contributed by atoms with E-state index in [1.165, 1.54) is 11.3 Å². The van der Waals surface area contributed by atoms with Crippen LogP contribution in [-0.4, -0.2) is 11.3 Å². The lowest BCUT2D eigenvalue weighted by atomic mass is 10.2. The van der Waals surface area contributed by atoms with Gasteiger partial charge in [-0.1, -0.05) is 23.7 Å². The van der Waals surface area contributed by atoms with E-state index in [4.69, 9.17) is 11.6 Å². The van der Waals surface area contributed by atoms with Crippen LogP contribution < -0.4 is 0 Å². The molecule has 0 aliphatic carbocycles. The maximum Gasteiger partial charge on any atom is 0.161 e. The van der Waals surface area contributed by atoms with Gasteiger partial charge in [-0.2, -0.15) is 0 Å². The number of hydrogen-bond acceptors (Lipinski definition) is 3. The van der Waals surface area contributed by atoms with Crippen LogP contribution in [0.25, 0.3) is 10.6 Å². The van der Waals surface area contributed by atoms with Gasteiger partial charge in [-0.05, 0) is 12.1 Å². The Hall–Kier alpha value is -1.19. The van der Waals surface area contributed by atoms with Crippen LogP contribution in [0.4, 0.5) is 0 Å². The molecule has 1 heterocycles. The molecule has 1 aromatic carbocycles. The summed E-state index contributed by atoms with van der Waals surface area (Å²) < 4.78 is 0. The number of halogens is 1. The average molecular weight is 224 g/mol. The summed E-state index contributed by atoms with van der Waals surface area (Å²) in [6.07, 6.45) is 2.36. The topological polar surface area (TPSA) is 30.0 Å². The van der Waals surface area contributed by atoms with Crippen LogP contribution in [0, 0.1) is 0 Å². The van der Waals surface area contributed by atoms with Gasteiger partial charge in [0.25, 0.3) is 0 Å². The molecule has 0 N–H and O–H groups in total. The zero-order valence-electron chi connectivity index (χ0n) is 7.11. The molecular weight excluding hydrogens is 218 g/mol. The van der Waals surface area contributed by atoms with E-state index in [9.17, 15) is 4.79 Å². The molecule has 0 saturated heterocycles. The van der Waals surface area contributed by atoms with E-state index in [1.807, 2.05) is 18.2 Å². The molecule has 0 aliphatic rings. The van der Waals surface area contributed by atoms with Crippen LogP contribution >= 0.6 is 22.9 Å². The Kier molecular flexibility index (Phi) is 2.61. The van der Waals surface area contributed by atoms with E-state index in [-0.39, 0.29) is 0 Å². The second-order valence-electron chi connectivity index (χ2n) is 2.70. The highest BCUT2D eigenvalue weighted by atomic mass is 35.5. The molecule has 2 aromatic rings. The van der Waals surface area contributed by atoms with E-state index in [0.29, 0.717) is 9.90 Å². The van der Waals surface area contributed by atoms with Gasteiger partial charge in [-0.3, -0.25) is 4.79 Å². The van der Waals surface area contributed by atoms with Gasteiger partial charge in [0.1, 0.15) is 5.01 Å². The summed E-state index contributed by atoms with van der Waals surface area (Å²) in [6, 6.07) is 7.41. The molecule has 0 aliphatic heterocycles. The van der Waals surface area contributed by atoms with Crippen molar-refractivity contribution in [3.8, 4) is 10.6 Å². The van der Waals surface area contributed by atoms with Crippen molar-refractivity contribution in [2.24, 2.45) is 0 Å². The standard InChI is InChI=1S/C10H6ClNOS/c11-8-3-1-2-7(4-8)10-12-5-9(6-13)14-10/h1-6H. The largest absolute Gasteiger partial charge is 0.297 e. The number of hydrogen-bond donors (Lipinski definition) is 0. The molecule has 0 unspecified atom stereocenters. The first kappa shape index (κ1) is 9.37. The molecule has 0 amide bonds. The summed E-state index contributed by atoms with van der Waals surface area (Å²) >= 11 is 7.20. The Bertz CT molecular complexity index is 467. The summed E-state index contributed by atoms with van der Waals surface area (Å²) in [5.74, 6) is 0. The first-order chi connectivity index (χ1) is 6.79. The lowest BCUT2D eigenvalue weighted by molar-refractivity contribution is 0.112. The number of aromatic nitrogens is 1. The van der Waals surface area contributed by atoms with Crippen molar-refractivity contribution in [3.63, 3.8) is 0 Å².